The Labute approximate surface area is 203 Å². The normalized spacial score (nSPS) is 12.8. The Bertz CT molecular complexity index is 1180. The number of alkyl halides is 6. The van der Waals surface area contributed by atoms with Crippen LogP contribution in [0.15, 0.2) is 66.7 Å². The number of aliphatic hydroxyl groups is 1. The fourth-order valence-electron chi connectivity index (χ4n) is 3.36. The van der Waals surface area contributed by atoms with Crippen molar-refractivity contribution >= 4 is 11.4 Å². The van der Waals surface area contributed by atoms with Crippen LogP contribution in [0.3, 0.4) is 0 Å². The Morgan fingerprint density at radius 3 is 1.97 bits per heavy atom. The highest BCUT2D eigenvalue weighted by atomic mass is 19.4. The number of anilines is 2. The van der Waals surface area contributed by atoms with Crippen molar-refractivity contribution in [3.05, 3.63) is 83.7 Å². The zero-order valence-electron chi connectivity index (χ0n) is 19.2. The second-order valence-corrected chi connectivity index (χ2v) is 8.23. The van der Waals surface area contributed by atoms with Crippen LogP contribution < -0.4 is 14.5 Å². The summed E-state index contributed by atoms with van der Waals surface area (Å²) in [6.45, 7) is -1.71. The molecule has 4 nitrogen and oxygen atoms in total. The van der Waals surface area contributed by atoms with Crippen LogP contribution in [0.4, 0.5) is 42.1 Å². The molecular formula is C25H23F7N2O2. The van der Waals surface area contributed by atoms with Crippen molar-refractivity contribution in [1.29, 1.82) is 0 Å². The van der Waals surface area contributed by atoms with E-state index in [1.807, 2.05) is 25.1 Å². The number of rotatable bonds is 8. The highest BCUT2D eigenvalue weighted by Crippen LogP contribution is 2.33. The van der Waals surface area contributed by atoms with Gasteiger partial charge < -0.3 is 19.6 Å². The first-order valence-corrected chi connectivity index (χ1v) is 10.6. The van der Waals surface area contributed by atoms with Gasteiger partial charge in [0.05, 0.1) is 12.1 Å². The van der Waals surface area contributed by atoms with Crippen molar-refractivity contribution in [2.75, 3.05) is 30.4 Å². The summed E-state index contributed by atoms with van der Waals surface area (Å²) in [5.41, 5.74) is -0.715. The molecule has 194 valence electrons. The quantitative estimate of drug-likeness (QED) is 0.341. The molecule has 0 aliphatic rings. The monoisotopic (exact) mass is 516 g/mol. The molecule has 0 aliphatic carbocycles. The van der Waals surface area contributed by atoms with Gasteiger partial charge in [-0.15, -0.1) is 0 Å². The van der Waals surface area contributed by atoms with Gasteiger partial charge in [0.15, 0.2) is 6.10 Å². The Morgan fingerprint density at radius 1 is 0.833 bits per heavy atom. The number of aliphatic hydroxyl groups excluding tert-OH is 1. The third-order valence-electron chi connectivity index (χ3n) is 5.26. The molecule has 0 fully saturated rings. The number of nitrogens with zero attached hydrogens (tertiary/aromatic N) is 2. The lowest BCUT2D eigenvalue weighted by molar-refractivity contribution is -0.200. The van der Waals surface area contributed by atoms with Gasteiger partial charge in [0.25, 0.3) is 0 Å². The van der Waals surface area contributed by atoms with Gasteiger partial charge in [-0.25, -0.2) is 4.39 Å². The average Bonchev–Trinajstić information content (AvgIpc) is 2.79. The number of benzene rings is 3. The van der Waals surface area contributed by atoms with E-state index < -0.39 is 48.5 Å². The largest absolute Gasteiger partial charge is 0.457 e. The van der Waals surface area contributed by atoms with Crippen LogP contribution in [-0.2, 0) is 12.7 Å². The maximum Gasteiger partial charge on any atom is 0.416 e. The van der Waals surface area contributed by atoms with Crippen molar-refractivity contribution in [1.82, 2.24) is 0 Å². The molecule has 0 radical (unpaired) electrons. The molecule has 1 atom stereocenters. The van der Waals surface area contributed by atoms with Gasteiger partial charge in [0.1, 0.15) is 17.3 Å². The lowest BCUT2D eigenvalue weighted by Crippen LogP contribution is -2.41. The van der Waals surface area contributed by atoms with E-state index in [-0.39, 0.29) is 11.4 Å². The molecule has 0 amide bonds. The minimum absolute atomic E-state index is 0.0800. The number of halogens is 7. The van der Waals surface area contributed by atoms with Crippen LogP contribution in [0.5, 0.6) is 11.5 Å². The number of hydrogen-bond donors (Lipinski definition) is 1. The zero-order chi connectivity index (χ0) is 26.7. The average molecular weight is 516 g/mol. The van der Waals surface area contributed by atoms with Crippen molar-refractivity contribution in [2.24, 2.45) is 0 Å². The fourth-order valence-corrected chi connectivity index (χ4v) is 3.36. The van der Waals surface area contributed by atoms with Crippen molar-refractivity contribution in [3.63, 3.8) is 0 Å². The van der Waals surface area contributed by atoms with E-state index in [4.69, 9.17) is 4.74 Å². The Hall–Kier alpha value is -3.47. The maximum atomic E-state index is 14.4. The highest BCUT2D eigenvalue weighted by molar-refractivity contribution is 5.54. The Kier molecular flexibility index (Phi) is 8.02. The van der Waals surface area contributed by atoms with Crippen LogP contribution in [0.25, 0.3) is 0 Å². The van der Waals surface area contributed by atoms with E-state index in [1.54, 1.807) is 18.2 Å². The van der Waals surface area contributed by atoms with Crippen molar-refractivity contribution in [2.45, 2.75) is 25.0 Å². The summed E-state index contributed by atoms with van der Waals surface area (Å²) in [6, 6.07) is 14.4. The molecule has 3 aromatic rings. The summed E-state index contributed by atoms with van der Waals surface area (Å²) in [5.74, 6) is -0.369. The van der Waals surface area contributed by atoms with Crippen LogP contribution in [-0.4, -0.2) is 38.0 Å². The predicted octanol–water partition coefficient (Wildman–Crippen LogP) is 6.63. The van der Waals surface area contributed by atoms with Crippen LogP contribution in [0.1, 0.15) is 11.1 Å². The number of hydrogen-bond acceptors (Lipinski definition) is 4. The minimum Gasteiger partial charge on any atom is -0.457 e. The molecule has 0 heterocycles. The van der Waals surface area contributed by atoms with E-state index in [1.165, 1.54) is 24.3 Å². The summed E-state index contributed by atoms with van der Waals surface area (Å²) in [4.78, 5) is 2.78. The molecule has 3 rings (SSSR count). The van der Waals surface area contributed by atoms with Crippen LogP contribution >= 0.6 is 0 Å². The van der Waals surface area contributed by atoms with E-state index >= 15 is 0 Å². The van der Waals surface area contributed by atoms with Gasteiger partial charge in [0, 0.05) is 49.7 Å². The first-order valence-electron chi connectivity index (χ1n) is 10.6. The highest BCUT2D eigenvalue weighted by Gasteiger charge is 2.39. The van der Waals surface area contributed by atoms with Gasteiger partial charge in [-0.1, -0.05) is 12.1 Å². The molecule has 3 aromatic carbocycles. The van der Waals surface area contributed by atoms with Crippen LogP contribution in [0.2, 0.25) is 0 Å². The molecule has 0 bridgehead atoms. The van der Waals surface area contributed by atoms with Crippen LogP contribution in [0, 0.1) is 5.82 Å². The van der Waals surface area contributed by atoms with E-state index in [0.717, 1.165) is 10.6 Å². The third-order valence-corrected chi connectivity index (χ3v) is 5.26. The lowest BCUT2D eigenvalue weighted by Gasteiger charge is -2.29. The second kappa shape index (κ2) is 10.7. The minimum atomic E-state index is -4.99. The van der Waals surface area contributed by atoms with Crippen molar-refractivity contribution < 1.29 is 40.6 Å². The van der Waals surface area contributed by atoms with Gasteiger partial charge >= 0.3 is 12.4 Å². The first-order chi connectivity index (χ1) is 16.7. The third kappa shape index (κ3) is 7.03. The summed E-state index contributed by atoms with van der Waals surface area (Å²) in [7, 11) is 3.66. The molecular weight excluding hydrogens is 493 g/mol. The standard InChI is InChI=1S/C25H23F7N2O2/c1-33(2)18-5-3-7-20(12-18)36-21-8-4-6-19(13-21)34(15-23(35)25(30,31)32)14-16-11-17(24(27,28)29)9-10-22(16)26/h3-13,23,35H,14-15H2,1-2H3. The predicted molar refractivity (Wildman–Crippen MR) is 122 cm³/mol. The maximum absolute atomic E-state index is 14.4. The molecule has 0 spiro atoms. The first kappa shape index (κ1) is 27.1. The van der Waals surface area contributed by atoms with Crippen molar-refractivity contribution in [3.8, 4) is 11.5 Å². The lowest BCUT2D eigenvalue weighted by atomic mass is 10.1. The molecule has 0 aromatic heterocycles. The molecule has 0 saturated heterocycles. The fraction of sp³-hybridized carbons (Fsp3) is 0.280. The molecule has 0 saturated carbocycles. The SMILES string of the molecule is CN(C)c1cccc(Oc2cccc(N(Cc3cc(C(F)(F)F)ccc3F)CC(O)C(F)(F)F)c2)c1. The molecule has 36 heavy (non-hydrogen) atoms. The molecule has 1 unspecified atom stereocenters. The van der Waals surface area contributed by atoms with E-state index in [2.05, 4.69) is 0 Å². The second-order valence-electron chi connectivity index (χ2n) is 8.23. The van der Waals surface area contributed by atoms with Gasteiger partial charge in [-0.05, 0) is 42.5 Å². The summed E-state index contributed by atoms with van der Waals surface area (Å²) < 4.78 is 98.9. The summed E-state index contributed by atoms with van der Waals surface area (Å²) in [6.07, 6.45) is -12.6. The molecule has 1 N–H and O–H groups in total. The summed E-state index contributed by atoms with van der Waals surface area (Å²) >= 11 is 0. The topological polar surface area (TPSA) is 35.9 Å². The number of ether oxygens (including phenoxy) is 1. The van der Waals surface area contributed by atoms with E-state index in [9.17, 15) is 35.8 Å². The van der Waals surface area contributed by atoms with Gasteiger partial charge in [-0.2, -0.15) is 26.3 Å². The smallest absolute Gasteiger partial charge is 0.416 e. The Morgan fingerprint density at radius 2 is 1.42 bits per heavy atom. The Balaban J connectivity index is 1.95. The molecule has 11 heteroatoms. The van der Waals surface area contributed by atoms with Gasteiger partial charge in [0.2, 0.25) is 0 Å². The van der Waals surface area contributed by atoms with Gasteiger partial charge in [-0.3, -0.25) is 0 Å². The summed E-state index contributed by atoms with van der Waals surface area (Å²) in [5, 5.41) is 9.66. The van der Waals surface area contributed by atoms with E-state index in [0.29, 0.717) is 23.9 Å². The molecule has 0 aliphatic heterocycles. The zero-order valence-corrected chi connectivity index (χ0v) is 19.2.